The van der Waals surface area contributed by atoms with Crippen LogP contribution in [-0.2, 0) is 16.1 Å². The van der Waals surface area contributed by atoms with E-state index >= 15 is 0 Å². The molecule has 0 radical (unpaired) electrons. The van der Waals surface area contributed by atoms with Crippen LogP contribution in [0.4, 0.5) is 4.39 Å². The van der Waals surface area contributed by atoms with E-state index < -0.39 is 17.4 Å². The number of hydrogen-bond donors (Lipinski definition) is 0. The van der Waals surface area contributed by atoms with Gasteiger partial charge in [0.1, 0.15) is 23.8 Å². The Labute approximate surface area is 158 Å². The highest BCUT2D eigenvalue weighted by atomic mass is 35.5. The monoisotopic (exact) mass is 388 g/mol. The standard InChI is InChI=1S/C20H14ClFO5/c1-25-13-5-6-14-12(9-20(24)27-18(14)10-13)11-26-19(23)8-7-15-16(21)3-2-4-17(15)22/h2-10H,11H2,1H3/b8-7+. The molecular formula is C20H14ClFO5. The summed E-state index contributed by atoms with van der Waals surface area (Å²) in [5.74, 6) is -0.721. The fourth-order valence-electron chi connectivity index (χ4n) is 2.47. The van der Waals surface area contributed by atoms with Crippen molar-refractivity contribution in [3.8, 4) is 5.75 Å². The van der Waals surface area contributed by atoms with Gasteiger partial charge < -0.3 is 13.9 Å². The molecule has 1 heterocycles. The van der Waals surface area contributed by atoms with Gasteiger partial charge in [-0.2, -0.15) is 0 Å². The van der Waals surface area contributed by atoms with Gasteiger partial charge in [-0.3, -0.25) is 0 Å². The van der Waals surface area contributed by atoms with Crippen molar-refractivity contribution in [2.75, 3.05) is 7.11 Å². The summed E-state index contributed by atoms with van der Waals surface area (Å²) in [4.78, 5) is 23.7. The molecule has 0 N–H and O–H groups in total. The van der Waals surface area contributed by atoms with Crippen molar-refractivity contribution >= 4 is 34.6 Å². The number of halogens is 2. The van der Waals surface area contributed by atoms with E-state index in [9.17, 15) is 14.0 Å². The largest absolute Gasteiger partial charge is 0.497 e. The summed E-state index contributed by atoms with van der Waals surface area (Å²) in [5, 5.41) is 0.795. The highest BCUT2D eigenvalue weighted by Crippen LogP contribution is 2.23. The lowest BCUT2D eigenvalue weighted by molar-refractivity contribution is -0.138. The summed E-state index contributed by atoms with van der Waals surface area (Å²) < 4.78 is 29.1. The van der Waals surface area contributed by atoms with E-state index in [-0.39, 0.29) is 17.2 Å². The van der Waals surface area contributed by atoms with Gasteiger partial charge in [-0.15, -0.1) is 0 Å². The predicted molar refractivity (Wildman–Crippen MR) is 99.3 cm³/mol. The Hall–Kier alpha value is -3.12. The molecule has 3 aromatic rings. The van der Waals surface area contributed by atoms with Gasteiger partial charge in [-0.1, -0.05) is 17.7 Å². The minimum absolute atomic E-state index is 0.0917. The lowest BCUT2D eigenvalue weighted by atomic mass is 10.1. The van der Waals surface area contributed by atoms with Crippen molar-refractivity contribution in [2.24, 2.45) is 0 Å². The molecule has 138 valence electrons. The Morgan fingerprint density at radius 2 is 2.07 bits per heavy atom. The number of esters is 1. The smallest absolute Gasteiger partial charge is 0.336 e. The molecule has 0 saturated heterocycles. The first-order valence-electron chi connectivity index (χ1n) is 7.87. The molecular weight excluding hydrogens is 375 g/mol. The first-order valence-corrected chi connectivity index (χ1v) is 8.25. The lowest BCUT2D eigenvalue weighted by Gasteiger charge is -2.07. The zero-order valence-corrected chi connectivity index (χ0v) is 15.0. The van der Waals surface area contributed by atoms with Gasteiger partial charge in [0.05, 0.1) is 12.1 Å². The molecule has 7 heteroatoms. The third-order valence-corrected chi connectivity index (χ3v) is 4.12. The topological polar surface area (TPSA) is 65.7 Å². The molecule has 0 fully saturated rings. The van der Waals surface area contributed by atoms with E-state index in [0.29, 0.717) is 22.3 Å². The molecule has 3 rings (SSSR count). The second-order valence-corrected chi connectivity index (χ2v) is 5.94. The van der Waals surface area contributed by atoms with Gasteiger partial charge in [-0.25, -0.2) is 14.0 Å². The number of ether oxygens (including phenoxy) is 2. The van der Waals surface area contributed by atoms with Gasteiger partial charge in [0, 0.05) is 34.7 Å². The molecule has 27 heavy (non-hydrogen) atoms. The highest BCUT2D eigenvalue weighted by Gasteiger charge is 2.09. The van der Waals surface area contributed by atoms with E-state index in [1.807, 2.05) is 0 Å². The van der Waals surface area contributed by atoms with Crippen molar-refractivity contribution in [1.29, 1.82) is 0 Å². The molecule has 0 bridgehead atoms. The predicted octanol–water partition coefficient (Wildman–Crippen LogP) is 4.35. The molecule has 1 aromatic heterocycles. The SMILES string of the molecule is COc1ccc2c(COC(=O)/C=C/c3c(F)cccc3Cl)cc(=O)oc2c1. The molecule has 5 nitrogen and oxygen atoms in total. The van der Waals surface area contributed by atoms with Crippen molar-refractivity contribution in [2.45, 2.75) is 6.61 Å². The van der Waals surface area contributed by atoms with E-state index in [1.165, 1.54) is 37.5 Å². The van der Waals surface area contributed by atoms with Crippen LogP contribution < -0.4 is 10.4 Å². The minimum Gasteiger partial charge on any atom is -0.497 e. The molecule has 0 spiro atoms. The number of methoxy groups -OCH3 is 1. The second kappa shape index (κ2) is 8.05. The van der Waals surface area contributed by atoms with E-state index in [4.69, 9.17) is 25.5 Å². The first-order chi connectivity index (χ1) is 13.0. The third kappa shape index (κ3) is 4.35. The van der Waals surface area contributed by atoms with E-state index in [1.54, 1.807) is 18.2 Å². The van der Waals surface area contributed by atoms with E-state index in [0.717, 1.165) is 6.08 Å². The summed E-state index contributed by atoms with van der Waals surface area (Å²) in [6.07, 6.45) is 2.31. The number of benzene rings is 2. The molecule has 0 amide bonds. The maximum absolute atomic E-state index is 13.7. The second-order valence-electron chi connectivity index (χ2n) is 5.53. The van der Waals surface area contributed by atoms with Gasteiger partial charge in [0.15, 0.2) is 0 Å². The minimum atomic E-state index is -0.704. The Kier molecular flexibility index (Phi) is 5.57. The van der Waals surface area contributed by atoms with Crippen LogP contribution in [0.25, 0.3) is 17.0 Å². The van der Waals surface area contributed by atoms with Gasteiger partial charge in [0.2, 0.25) is 0 Å². The summed E-state index contributed by atoms with van der Waals surface area (Å²) >= 11 is 5.89. The highest BCUT2D eigenvalue weighted by molar-refractivity contribution is 6.32. The quantitative estimate of drug-likeness (QED) is 0.369. The number of fused-ring (bicyclic) bond motifs is 1. The molecule has 0 saturated carbocycles. The summed E-state index contributed by atoms with van der Waals surface area (Å²) in [6.45, 7) is -0.150. The maximum Gasteiger partial charge on any atom is 0.336 e. The summed E-state index contributed by atoms with van der Waals surface area (Å²) in [5.41, 5.74) is 0.320. The fraction of sp³-hybridized carbons (Fsp3) is 0.100. The van der Waals surface area contributed by atoms with Crippen LogP contribution in [0.15, 0.2) is 57.8 Å². The Bertz CT molecular complexity index is 1070. The normalized spacial score (nSPS) is 11.1. The lowest BCUT2D eigenvalue weighted by Crippen LogP contribution is -2.05. The average Bonchev–Trinajstić information content (AvgIpc) is 2.65. The van der Waals surface area contributed by atoms with Crippen LogP contribution in [0.5, 0.6) is 5.75 Å². The van der Waals surface area contributed by atoms with Gasteiger partial charge in [-0.05, 0) is 30.3 Å². The average molecular weight is 389 g/mol. The molecule has 0 aliphatic heterocycles. The van der Waals surface area contributed by atoms with Crippen LogP contribution in [-0.4, -0.2) is 13.1 Å². The summed E-state index contributed by atoms with van der Waals surface area (Å²) in [7, 11) is 1.50. The number of rotatable bonds is 5. The number of hydrogen-bond acceptors (Lipinski definition) is 5. The first kappa shape index (κ1) is 18.7. The van der Waals surface area contributed by atoms with Crippen LogP contribution in [0.3, 0.4) is 0 Å². The molecule has 0 aliphatic rings. The Balaban J connectivity index is 1.77. The maximum atomic E-state index is 13.7. The number of carbonyl (C=O) groups excluding carboxylic acids is 1. The zero-order valence-electron chi connectivity index (χ0n) is 14.2. The van der Waals surface area contributed by atoms with Crippen molar-refractivity contribution < 1.29 is 23.1 Å². The Morgan fingerprint density at radius 3 is 2.81 bits per heavy atom. The molecule has 0 aliphatic carbocycles. The number of carbonyl (C=O) groups is 1. The van der Waals surface area contributed by atoms with Crippen molar-refractivity contribution in [3.63, 3.8) is 0 Å². The molecule has 2 aromatic carbocycles. The molecule has 0 atom stereocenters. The van der Waals surface area contributed by atoms with Gasteiger partial charge in [0.25, 0.3) is 0 Å². The molecule has 0 unspecified atom stereocenters. The fourth-order valence-corrected chi connectivity index (χ4v) is 2.70. The summed E-state index contributed by atoms with van der Waals surface area (Å²) in [6, 6.07) is 10.4. The van der Waals surface area contributed by atoms with Crippen LogP contribution >= 0.6 is 11.6 Å². The van der Waals surface area contributed by atoms with Gasteiger partial charge >= 0.3 is 11.6 Å². The van der Waals surface area contributed by atoms with Crippen molar-refractivity contribution in [3.05, 3.63) is 80.9 Å². The van der Waals surface area contributed by atoms with E-state index in [2.05, 4.69) is 0 Å². The van der Waals surface area contributed by atoms with Crippen LogP contribution in [0.1, 0.15) is 11.1 Å². The zero-order chi connectivity index (χ0) is 19.4. The van der Waals surface area contributed by atoms with Crippen molar-refractivity contribution in [1.82, 2.24) is 0 Å². The third-order valence-electron chi connectivity index (χ3n) is 3.79. The van der Waals surface area contributed by atoms with Crippen LogP contribution in [0, 0.1) is 5.82 Å². The Morgan fingerprint density at radius 1 is 1.26 bits per heavy atom. The van der Waals surface area contributed by atoms with Crippen LogP contribution in [0.2, 0.25) is 5.02 Å².